The van der Waals surface area contributed by atoms with E-state index in [9.17, 15) is 4.79 Å². The van der Waals surface area contributed by atoms with E-state index in [1.807, 2.05) is 19.0 Å². The Morgan fingerprint density at radius 3 is 2.80 bits per heavy atom. The van der Waals surface area contributed by atoms with E-state index in [-0.39, 0.29) is 5.91 Å². The summed E-state index contributed by atoms with van der Waals surface area (Å²) in [5.74, 6) is -0.135. The first-order valence-corrected chi connectivity index (χ1v) is 5.43. The minimum Gasteiger partial charge on any atom is -0.349 e. The highest BCUT2D eigenvalue weighted by atomic mass is 75.9. The maximum Gasteiger partial charge on any atom is 0.269 e. The first-order chi connectivity index (χ1) is 7.09. The van der Waals surface area contributed by atoms with E-state index in [4.69, 9.17) is 0 Å². The number of hydrogen-bond donors (Lipinski definition) is 1. The Kier molecular flexibility index (Phi) is 4.71. The van der Waals surface area contributed by atoms with Crippen molar-refractivity contribution in [3.8, 4) is 0 Å². The molecule has 0 aromatic carbocycles. The second-order valence-corrected chi connectivity index (χ2v) is 4.34. The van der Waals surface area contributed by atoms with Crippen LogP contribution >= 0.6 is 15.9 Å². The topological polar surface area (TPSA) is 45.2 Å². The van der Waals surface area contributed by atoms with Gasteiger partial charge in [-0.2, -0.15) is 0 Å². The van der Waals surface area contributed by atoms with Gasteiger partial charge in [0, 0.05) is 23.8 Å². The normalized spacial score (nSPS) is 10.4. The Bertz CT molecular complexity index is 324. The summed E-state index contributed by atoms with van der Waals surface area (Å²) in [5.41, 5.74) is 0.442. The predicted molar refractivity (Wildman–Crippen MR) is 62.8 cm³/mol. The third-order valence-electron chi connectivity index (χ3n) is 1.80. The number of halogens is 1. The van der Waals surface area contributed by atoms with Crippen LogP contribution in [0.15, 0.2) is 22.8 Å². The van der Waals surface area contributed by atoms with Gasteiger partial charge in [0.05, 0.1) is 0 Å². The molecule has 5 heteroatoms. The molecule has 82 valence electrons. The minimum atomic E-state index is -0.135. The molecule has 15 heavy (non-hydrogen) atoms. The molecule has 0 atom stereocenters. The average Bonchev–Trinajstić information content (AvgIpc) is 2.18. The molecule has 0 unspecified atom stereocenters. The molecule has 4 nitrogen and oxygen atoms in total. The van der Waals surface area contributed by atoms with Crippen LogP contribution in [0.3, 0.4) is 0 Å². The fourth-order valence-electron chi connectivity index (χ4n) is 0.994. The largest absolute Gasteiger partial charge is 0.349 e. The van der Waals surface area contributed by atoms with Gasteiger partial charge in [-0.05, 0) is 42.2 Å². The number of carbonyl (C=O) groups excluding carboxylic acids is 1. The number of rotatable bonds is 4. The zero-order valence-electron chi connectivity index (χ0n) is 8.83. The molecule has 0 bridgehead atoms. The highest BCUT2D eigenvalue weighted by molar-refractivity contribution is 9.10. The number of aromatic nitrogens is 1. The Morgan fingerprint density at radius 2 is 2.27 bits per heavy atom. The molecule has 0 saturated carbocycles. The monoisotopic (exact) mass is 268 g/mol. The Labute approximate surface area is 97.8 Å². The van der Waals surface area contributed by atoms with Crippen molar-refractivity contribution in [3.05, 3.63) is 28.5 Å². The highest BCUT2D eigenvalue weighted by Gasteiger charge is 2.05. The molecule has 1 aromatic rings. The van der Waals surface area contributed by atoms with Gasteiger partial charge in [0.2, 0.25) is 0 Å². The van der Waals surface area contributed by atoms with E-state index in [1.54, 1.807) is 18.3 Å². The van der Waals surface area contributed by atoms with Crippen LogP contribution in [0, 0.1) is 0 Å². The SMILES string of the molecule is CN(C)CCNC(=O)c1ccc([76Br])cn1. The van der Waals surface area contributed by atoms with Crippen molar-refractivity contribution in [1.82, 2.24) is 15.2 Å². The standard InChI is InChI=1S/C10H14BrN3O/c1-14(2)6-5-12-10(15)9-4-3-8(11)7-13-9/h3-4,7H,5-6H2,1-2H3,(H,12,15)/i11-4. The lowest BCUT2D eigenvalue weighted by atomic mass is 10.3. The van der Waals surface area contributed by atoms with Gasteiger partial charge in [-0.25, -0.2) is 4.98 Å². The zero-order valence-corrected chi connectivity index (χ0v) is 10.4. The van der Waals surface area contributed by atoms with Crippen LogP contribution in [0.2, 0.25) is 0 Å². The number of pyridine rings is 1. The lowest BCUT2D eigenvalue weighted by Gasteiger charge is -2.09. The summed E-state index contributed by atoms with van der Waals surface area (Å²) < 4.78 is 0.868. The van der Waals surface area contributed by atoms with Crippen LogP contribution in [0.25, 0.3) is 0 Å². The number of nitrogens with zero attached hydrogens (tertiary/aromatic N) is 2. The Morgan fingerprint density at radius 1 is 1.53 bits per heavy atom. The summed E-state index contributed by atoms with van der Waals surface area (Å²) in [6.45, 7) is 1.45. The third kappa shape index (κ3) is 4.40. The van der Waals surface area contributed by atoms with Crippen molar-refractivity contribution in [2.45, 2.75) is 0 Å². The number of carbonyl (C=O) groups is 1. The molecule has 0 aliphatic carbocycles. The van der Waals surface area contributed by atoms with E-state index in [1.165, 1.54) is 0 Å². The number of hydrogen-bond acceptors (Lipinski definition) is 3. The van der Waals surface area contributed by atoms with E-state index >= 15 is 0 Å². The van der Waals surface area contributed by atoms with Gasteiger partial charge >= 0.3 is 0 Å². The lowest BCUT2D eigenvalue weighted by Crippen LogP contribution is -2.31. The summed E-state index contributed by atoms with van der Waals surface area (Å²) >= 11 is 3.27. The van der Waals surface area contributed by atoms with Crippen molar-refractivity contribution in [1.29, 1.82) is 0 Å². The maximum absolute atomic E-state index is 11.5. The van der Waals surface area contributed by atoms with Crippen molar-refractivity contribution in [2.24, 2.45) is 0 Å². The van der Waals surface area contributed by atoms with E-state index in [2.05, 4.69) is 26.2 Å². The second kappa shape index (κ2) is 5.82. The molecule has 0 saturated heterocycles. The first kappa shape index (κ1) is 12.1. The quantitative estimate of drug-likeness (QED) is 0.890. The molecule has 1 N–H and O–H groups in total. The summed E-state index contributed by atoms with van der Waals surface area (Å²) in [4.78, 5) is 17.5. The fraction of sp³-hybridized carbons (Fsp3) is 0.400. The number of likely N-dealkylation sites (N-methyl/N-ethyl adjacent to an activating group) is 1. The van der Waals surface area contributed by atoms with Gasteiger partial charge in [-0.15, -0.1) is 0 Å². The van der Waals surface area contributed by atoms with Crippen molar-refractivity contribution in [2.75, 3.05) is 27.2 Å². The molecule has 0 fully saturated rings. The van der Waals surface area contributed by atoms with Gasteiger partial charge in [-0.3, -0.25) is 4.79 Å². The van der Waals surface area contributed by atoms with Crippen LogP contribution in [0.1, 0.15) is 10.5 Å². The molecule has 1 rings (SSSR count). The minimum absolute atomic E-state index is 0.135. The number of amides is 1. The molecule has 1 aromatic heterocycles. The Balaban J connectivity index is 2.43. The van der Waals surface area contributed by atoms with Gasteiger partial charge in [0.15, 0.2) is 0 Å². The molecule has 1 heterocycles. The summed E-state index contributed by atoms with van der Waals surface area (Å²) in [6.07, 6.45) is 1.61. The van der Waals surface area contributed by atoms with Gasteiger partial charge in [-0.1, -0.05) is 0 Å². The number of nitrogens with one attached hydrogen (secondary N) is 1. The second-order valence-electron chi connectivity index (χ2n) is 3.42. The predicted octanol–water partition coefficient (Wildman–Crippen LogP) is 1.14. The van der Waals surface area contributed by atoms with Crippen LogP contribution in [0.5, 0.6) is 0 Å². The van der Waals surface area contributed by atoms with Gasteiger partial charge in [0.1, 0.15) is 5.69 Å². The molecule has 0 radical (unpaired) electrons. The highest BCUT2D eigenvalue weighted by Crippen LogP contribution is 2.06. The van der Waals surface area contributed by atoms with Gasteiger partial charge in [0.25, 0.3) is 5.91 Å². The summed E-state index contributed by atoms with van der Waals surface area (Å²) in [7, 11) is 3.92. The van der Waals surface area contributed by atoms with Crippen LogP contribution in [-0.4, -0.2) is 43.0 Å². The van der Waals surface area contributed by atoms with Crippen LogP contribution in [0.4, 0.5) is 0 Å². The zero-order chi connectivity index (χ0) is 11.3. The average molecular weight is 268 g/mol. The van der Waals surface area contributed by atoms with Gasteiger partial charge < -0.3 is 10.2 Å². The van der Waals surface area contributed by atoms with E-state index < -0.39 is 0 Å². The maximum atomic E-state index is 11.5. The molecule has 0 spiro atoms. The first-order valence-electron chi connectivity index (χ1n) is 4.64. The molecular formula is C10H14BrN3O. The summed E-state index contributed by atoms with van der Waals surface area (Å²) in [5, 5.41) is 2.79. The Hall–Kier alpha value is -0.940. The van der Waals surface area contributed by atoms with Crippen molar-refractivity contribution < 1.29 is 4.79 Å². The third-order valence-corrected chi connectivity index (χ3v) is 2.27. The summed E-state index contributed by atoms with van der Waals surface area (Å²) in [6, 6.07) is 3.49. The van der Waals surface area contributed by atoms with Crippen molar-refractivity contribution in [3.63, 3.8) is 0 Å². The van der Waals surface area contributed by atoms with Crippen LogP contribution < -0.4 is 5.32 Å². The van der Waals surface area contributed by atoms with Crippen molar-refractivity contribution >= 4 is 21.8 Å². The van der Waals surface area contributed by atoms with E-state index in [0.717, 1.165) is 11.0 Å². The molecule has 1 amide bonds. The molecule has 0 aliphatic heterocycles. The molecular weight excluding hydrogens is 254 g/mol. The lowest BCUT2D eigenvalue weighted by molar-refractivity contribution is 0.0946. The smallest absolute Gasteiger partial charge is 0.269 e. The fourth-order valence-corrected chi connectivity index (χ4v) is 1.23. The van der Waals surface area contributed by atoms with Crippen LogP contribution in [-0.2, 0) is 0 Å². The van der Waals surface area contributed by atoms with E-state index in [0.29, 0.717) is 12.2 Å². The molecule has 0 aliphatic rings.